The zero-order valence-corrected chi connectivity index (χ0v) is 11.2. The molecule has 3 nitrogen and oxygen atoms in total. The lowest BCUT2D eigenvalue weighted by molar-refractivity contribution is -0.127. The third-order valence-corrected chi connectivity index (χ3v) is 2.61. The molecule has 90 valence electrons. The molecule has 18 heavy (non-hydrogen) atoms. The lowest BCUT2D eigenvalue weighted by atomic mass is 10.1. The summed E-state index contributed by atoms with van der Waals surface area (Å²) in [7, 11) is 1.60. The highest BCUT2D eigenvalue weighted by Crippen LogP contribution is 2.32. The number of fused-ring (bicyclic) bond motifs is 1. The number of hydrogen-bond acceptors (Lipinski definition) is 3. The molecule has 0 heterocycles. The van der Waals surface area contributed by atoms with Gasteiger partial charge in [-0.2, -0.15) is 0 Å². The number of ether oxygens (including phenoxy) is 2. The monoisotopic (exact) mass is 304 g/mol. The van der Waals surface area contributed by atoms with Gasteiger partial charge < -0.3 is 9.47 Å². The summed E-state index contributed by atoms with van der Waals surface area (Å²) in [6.45, 7) is 0. The lowest BCUT2D eigenvalue weighted by Gasteiger charge is -2.09. The van der Waals surface area contributed by atoms with Crippen molar-refractivity contribution in [2.24, 2.45) is 0 Å². The first kappa shape index (κ1) is 12.5. The van der Waals surface area contributed by atoms with E-state index in [4.69, 9.17) is 9.47 Å². The fourth-order valence-corrected chi connectivity index (χ4v) is 1.84. The molecule has 0 aromatic heterocycles. The van der Waals surface area contributed by atoms with Crippen LogP contribution in [0.15, 0.2) is 36.4 Å². The van der Waals surface area contributed by atoms with Crippen LogP contribution in [0.4, 0.5) is 0 Å². The van der Waals surface area contributed by atoms with Gasteiger partial charge in [-0.05, 0) is 17.0 Å². The minimum Gasteiger partial charge on any atom is -0.496 e. The van der Waals surface area contributed by atoms with E-state index in [1.165, 1.54) is 0 Å². The Bertz CT molecular complexity index is 653. The molecule has 0 radical (unpaired) electrons. The molecule has 0 atom stereocenters. The van der Waals surface area contributed by atoms with Crippen molar-refractivity contribution >= 4 is 32.7 Å². The van der Waals surface area contributed by atoms with Gasteiger partial charge in [0.1, 0.15) is 11.5 Å². The molecule has 0 spiro atoms. The molecule has 0 fully saturated rings. The summed E-state index contributed by atoms with van der Waals surface area (Å²) in [4.78, 5) is 13.7. The normalized spacial score (nSPS) is 9.44. The lowest BCUT2D eigenvalue weighted by Crippen LogP contribution is -2.04. The predicted octanol–water partition coefficient (Wildman–Crippen LogP) is 3.11. The van der Waals surface area contributed by atoms with Gasteiger partial charge in [-0.3, -0.25) is 0 Å². The number of carbonyl (C=O) groups is 1. The van der Waals surface area contributed by atoms with Crippen molar-refractivity contribution in [3.05, 3.63) is 36.4 Å². The van der Waals surface area contributed by atoms with Crippen LogP contribution in [0.5, 0.6) is 11.5 Å². The van der Waals surface area contributed by atoms with Gasteiger partial charge in [0, 0.05) is 32.6 Å². The average Bonchev–Trinajstić information content (AvgIpc) is 2.39. The molecule has 0 aliphatic rings. The van der Waals surface area contributed by atoms with E-state index in [9.17, 15) is 4.79 Å². The van der Waals surface area contributed by atoms with Crippen LogP contribution in [-0.4, -0.2) is 13.1 Å². The third kappa shape index (κ3) is 2.47. The average molecular weight is 305 g/mol. The summed E-state index contributed by atoms with van der Waals surface area (Å²) in [5.74, 6) is 2.85. The summed E-state index contributed by atoms with van der Waals surface area (Å²) in [6.07, 6.45) is 0. The van der Waals surface area contributed by atoms with E-state index in [1.807, 2.05) is 24.3 Å². The Morgan fingerprint density at radius 3 is 2.33 bits per heavy atom. The number of hydrogen-bond donors (Lipinski definition) is 0. The molecule has 2 aromatic rings. The van der Waals surface area contributed by atoms with Gasteiger partial charge in [-0.15, -0.1) is 0 Å². The molecule has 0 saturated heterocycles. The number of esters is 1. The van der Waals surface area contributed by atoms with Gasteiger partial charge in [-0.1, -0.05) is 24.3 Å². The second-order valence-electron chi connectivity index (χ2n) is 3.42. The summed E-state index contributed by atoms with van der Waals surface area (Å²) >= 11 is 2.85. The summed E-state index contributed by atoms with van der Waals surface area (Å²) < 4.78 is 10.4. The number of methoxy groups -OCH3 is 1. The first-order chi connectivity index (χ1) is 8.76. The van der Waals surface area contributed by atoms with Crippen LogP contribution in [0.1, 0.15) is 0 Å². The van der Waals surface area contributed by atoms with Crippen LogP contribution in [0.3, 0.4) is 0 Å². The molecular weight excluding hydrogens is 296 g/mol. The smallest absolute Gasteiger partial charge is 0.390 e. The van der Waals surface area contributed by atoms with Crippen molar-refractivity contribution in [3.63, 3.8) is 0 Å². The molecule has 0 aliphatic heterocycles. The van der Waals surface area contributed by atoms with Crippen LogP contribution in [0, 0.1) is 10.8 Å². The zero-order valence-electron chi connectivity index (χ0n) is 9.57. The van der Waals surface area contributed by atoms with Crippen molar-refractivity contribution in [2.75, 3.05) is 7.11 Å². The number of halogens is 1. The van der Waals surface area contributed by atoms with Gasteiger partial charge in [-0.25, -0.2) is 4.79 Å². The molecule has 0 bridgehead atoms. The number of rotatable bonds is 2. The largest absolute Gasteiger partial charge is 0.496 e. The van der Waals surface area contributed by atoms with Crippen LogP contribution >= 0.6 is 15.9 Å². The molecule has 0 unspecified atom stereocenters. The Labute approximate surface area is 113 Å². The third-order valence-electron chi connectivity index (χ3n) is 2.42. The van der Waals surface area contributed by atoms with Gasteiger partial charge in [0.2, 0.25) is 0 Å². The molecular formula is C14H9BrO3. The SMILES string of the molecule is COc1ccc(OC(=O)C#CBr)c2ccccc12. The fraction of sp³-hybridized carbons (Fsp3) is 0.0714. The van der Waals surface area contributed by atoms with E-state index in [0.717, 1.165) is 16.5 Å². The Morgan fingerprint density at radius 2 is 1.72 bits per heavy atom. The summed E-state index contributed by atoms with van der Waals surface area (Å²) in [5, 5.41) is 1.69. The van der Waals surface area contributed by atoms with Crippen LogP contribution in [0.2, 0.25) is 0 Å². The quantitative estimate of drug-likeness (QED) is 0.486. The van der Waals surface area contributed by atoms with Crippen LogP contribution in [-0.2, 0) is 4.79 Å². The maximum Gasteiger partial charge on any atom is 0.390 e. The first-order valence-electron chi connectivity index (χ1n) is 5.15. The van der Waals surface area contributed by atoms with Crippen molar-refractivity contribution in [3.8, 4) is 22.2 Å². The van der Waals surface area contributed by atoms with Crippen LogP contribution < -0.4 is 9.47 Å². The highest BCUT2D eigenvalue weighted by molar-refractivity contribution is 9.12. The van der Waals surface area contributed by atoms with Crippen LogP contribution in [0.25, 0.3) is 10.8 Å². The van der Waals surface area contributed by atoms with Gasteiger partial charge in [0.25, 0.3) is 0 Å². The summed E-state index contributed by atoms with van der Waals surface area (Å²) in [6, 6.07) is 11.0. The van der Waals surface area contributed by atoms with Gasteiger partial charge in [0.05, 0.1) is 7.11 Å². The maximum atomic E-state index is 11.4. The van der Waals surface area contributed by atoms with E-state index in [1.54, 1.807) is 19.2 Å². The van der Waals surface area contributed by atoms with Gasteiger partial charge in [0.15, 0.2) is 0 Å². The van der Waals surface area contributed by atoms with E-state index in [0.29, 0.717) is 5.75 Å². The number of benzene rings is 2. The first-order valence-corrected chi connectivity index (χ1v) is 5.94. The molecule has 2 aromatic carbocycles. The van der Waals surface area contributed by atoms with Crippen molar-refractivity contribution in [2.45, 2.75) is 0 Å². The Hall–Kier alpha value is -1.99. The summed E-state index contributed by atoms with van der Waals surface area (Å²) in [5.41, 5.74) is 0. The molecule has 0 amide bonds. The number of carbonyl (C=O) groups excluding carboxylic acids is 1. The fourth-order valence-electron chi connectivity index (χ4n) is 1.67. The standard InChI is InChI=1S/C14H9BrO3/c1-17-12-6-7-13(18-14(16)8-9-15)11-5-3-2-4-10(11)12/h2-7H,1H3. The molecule has 0 aliphatic carbocycles. The minimum atomic E-state index is -0.609. The molecule has 2 rings (SSSR count). The van der Waals surface area contributed by atoms with Gasteiger partial charge >= 0.3 is 5.97 Å². The van der Waals surface area contributed by atoms with E-state index in [-0.39, 0.29) is 0 Å². The maximum absolute atomic E-state index is 11.4. The zero-order chi connectivity index (χ0) is 13.0. The Morgan fingerprint density at radius 1 is 1.11 bits per heavy atom. The van der Waals surface area contributed by atoms with Crippen molar-refractivity contribution in [1.82, 2.24) is 0 Å². The molecule has 4 heteroatoms. The second kappa shape index (κ2) is 5.56. The highest BCUT2D eigenvalue weighted by atomic mass is 79.9. The highest BCUT2D eigenvalue weighted by Gasteiger charge is 2.09. The van der Waals surface area contributed by atoms with Crippen molar-refractivity contribution in [1.29, 1.82) is 0 Å². The van der Waals surface area contributed by atoms with E-state index >= 15 is 0 Å². The second-order valence-corrected chi connectivity index (χ2v) is 3.82. The Balaban J connectivity index is 2.51. The molecule has 0 N–H and O–H groups in total. The van der Waals surface area contributed by atoms with Crippen molar-refractivity contribution < 1.29 is 14.3 Å². The topological polar surface area (TPSA) is 35.5 Å². The predicted molar refractivity (Wildman–Crippen MR) is 72.8 cm³/mol. The van der Waals surface area contributed by atoms with E-state index < -0.39 is 5.97 Å². The van der Waals surface area contributed by atoms with E-state index in [2.05, 4.69) is 26.7 Å². The molecule has 0 saturated carbocycles. The Kier molecular flexibility index (Phi) is 3.85. The minimum absolute atomic E-state index is 0.464.